The number of hydrogen-bond donors (Lipinski definition) is 1. The van der Waals surface area contributed by atoms with Gasteiger partial charge in [-0.15, -0.1) is 0 Å². The molecule has 1 N–H and O–H groups in total. The molecule has 2 unspecified atom stereocenters. The highest BCUT2D eigenvalue weighted by molar-refractivity contribution is 5.85. The second kappa shape index (κ2) is 8.87. The maximum Gasteiger partial charge on any atom is 0.334 e. The molecule has 4 aromatic heterocycles. The Bertz CT molecular complexity index is 1430. The lowest BCUT2D eigenvalue weighted by Gasteiger charge is -2.28. The van der Waals surface area contributed by atoms with Crippen LogP contribution in [0, 0.1) is 5.92 Å². The van der Waals surface area contributed by atoms with Crippen LogP contribution in [0.5, 0.6) is 0 Å². The molecule has 0 aromatic carbocycles. The highest BCUT2D eigenvalue weighted by Crippen LogP contribution is 2.31. The van der Waals surface area contributed by atoms with Crippen LogP contribution in [0.3, 0.4) is 0 Å². The monoisotopic (exact) mass is 457 g/mol. The summed E-state index contributed by atoms with van der Waals surface area (Å²) in [5, 5.41) is 1.06. The van der Waals surface area contributed by atoms with Crippen molar-refractivity contribution in [2.75, 3.05) is 7.11 Å². The van der Waals surface area contributed by atoms with Crippen molar-refractivity contribution in [3.63, 3.8) is 0 Å². The van der Waals surface area contributed by atoms with Gasteiger partial charge in [0, 0.05) is 54.5 Å². The van der Waals surface area contributed by atoms with Gasteiger partial charge in [0.25, 0.3) is 0 Å². The van der Waals surface area contributed by atoms with Crippen molar-refractivity contribution in [2.24, 2.45) is 5.92 Å². The van der Waals surface area contributed by atoms with Crippen molar-refractivity contribution in [2.45, 2.75) is 64.0 Å². The molecule has 2 aliphatic carbocycles. The molecule has 0 radical (unpaired) electrons. The van der Waals surface area contributed by atoms with Crippen molar-refractivity contribution >= 4 is 27.9 Å². The highest BCUT2D eigenvalue weighted by Gasteiger charge is 2.26. The Kier molecular flexibility index (Phi) is 5.57. The van der Waals surface area contributed by atoms with Gasteiger partial charge in [-0.1, -0.05) is 12.5 Å². The Morgan fingerprint density at radius 3 is 2.85 bits per heavy atom. The largest absolute Gasteiger partial charge is 0.381 e. The summed E-state index contributed by atoms with van der Waals surface area (Å²) in [5.41, 5.74) is 5.64. The summed E-state index contributed by atoms with van der Waals surface area (Å²) in [7, 11) is 1.80. The molecule has 2 aliphatic rings. The molecule has 34 heavy (non-hydrogen) atoms. The molecule has 7 nitrogen and oxygen atoms in total. The number of allylic oxidation sites excluding steroid dienone is 2. The third-order valence-corrected chi connectivity index (χ3v) is 7.57. The van der Waals surface area contributed by atoms with E-state index in [0.29, 0.717) is 12.5 Å². The molecule has 176 valence electrons. The maximum atomic E-state index is 13.8. The zero-order valence-corrected chi connectivity index (χ0v) is 19.7. The van der Waals surface area contributed by atoms with Crippen LogP contribution in [-0.2, 0) is 11.3 Å². The quantitative estimate of drug-likeness (QED) is 0.438. The first kappa shape index (κ1) is 21.4. The fourth-order valence-corrected chi connectivity index (χ4v) is 5.73. The van der Waals surface area contributed by atoms with Crippen LogP contribution in [-0.4, -0.2) is 37.3 Å². The minimum atomic E-state index is 0.0338. The summed E-state index contributed by atoms with van der Waals surface area (Å²) in [6.07, 6.45) is 16.8. The molecule has 0 saturated heterocycles. The lowest BCUT2D eigenvalue weighted by Crippen LogP contribution is -2.30. The van der Waals surface area contributed by atoms with E-state index >= 15 is 0 Å². The first-order valence-corrected chi connectivity index (χ1v) is 12.5. The van der Waals surface area contributed by atoms with Crippen LogP contribution < -0.4 is 5.69 Å². The number of H-pyrrole nitrogens is 1. The minimum absolute atomic E-state index is 0.0338. The molecule has 4 aromatic rings. The zero-order valence-electron chi connectivity index (χ0n) is 19.7. The van der Waals surface area contributed by atoms with Gasteiger partial charge in [0.05, 0.1) is 11.6 Å². The summed E-state index contributed by atoms with van der Waals surface area (Å²) in [5.74, 6) is 0.428. The van der Waals surface area contributed by atoms with Crippen molar-refractivity contribution in [1.82, 2.24) is 24.1 Å². The molecule has 0 spiro atoms. The van der Waals surface area contributed by atoms with Crippen LogP contribution >= 0.6 is 0 Å². The van der Waals surface area contributed by atoms with Crippen LogP contribution in [0.15, 0.2) is 47.7 Å². The summed E-state index contributed by atoms with van der Waals surface area (Å²) in [4.78, 5) is 26.3. The molecule has 7 heteroatoms. The molecular formula is C27H31N5O2. The molecule has 6 rings (SSSR count). The third-order valence-electron chi connectivity index (χ3n) is 7.57. The smallest absolute Gasteiger partial charge is 0.334 e. The lowest BCUT2D eigenvalue weighted by atomic mass is 9.87. The molecular weight excluding hydrogens is 426 g/mol. The van der Waals surface area contributed by atoms with E-state index in [4.69, 9.17) is 9.72 Å². The number of aromatic amines is 1. The van der Waals surface area contributed by atoms with Gasteiger partial charge < -0.3 is 9.72 Å². The van der Waals surface area contributed by atoms with E-state index < -0.39 is 0 Å². The minimum Gasteiger partial charge on any atom is -0.381 e. The third kappa shape index (κ3) is 3.78. The first-order valence-electron chi connectivity index (χ1n) is 12.5. The second-order valence-corrected chi connectivity index (χ2v) is 9.77. The Labute approximate surface area is 198 Å². The predicted octanol–water partition coefficient (Wildman–Crippen LogP) is 5.36. The Morgan fingerprint density at radius 1 is 1.12 bits per heavy atom. The summed E-state index contributed by atoms with van der Waals surface area (Å²) in [6.45, 7) is 0.704. The molecule has 1 saturated carbocycles. The Balaban J connectivity index is 1.47. The number of nitrogens with zero attached hydrogens (tertiary/aromatic N) is 4. The topological polar surface area (TPSA) is 77.7 Å². The average Bonchev–Trinajstić information content (AvgIpc) is 3.46. The number of imidazole rings is 1. The van der Waals surface area contributed by atoms with Gasteiger partial charge in [-0.3, -0.25) is 4.57 Å². The fourth-order valence-electron chi connectivity index (χ4n) is 5.73. The molecule has 1 fully saturated rings. The molecule has 4 heterocycles. The molecule has 0 amide bonds. The average molecular weight is 458 g/mol. The number of pyridine rings is 2. The fraction of sp³-hybridized carbons (Fsp3) is 0.444. The number of ether oxygens (including phenoxy) is 1. The van der Waals surface area contributed by atoms with E-state index in [1.165, 1.54) is 6.42 Å². The van der Waals surface area contributed by atoms with Gasteiger partial charge in [-0.05, 0) is 69.1 Å². The highest BCUT2D eigenvalue weighted by atomic mass is 16.5. The van der Waals surface area contributed by atoms with Gasteiger partial charge in [0.2, 0.25) is 0 Å². The Morgan fingerprint density at radius 2 is 2.00 bits per heavy atom. The van der Waals surface area contributed by atoms with E-state index in [2.05, 4.69) is 28.2 Å². The number of rotatable bonds is 5. The van der Waals surface area contributed by atoms with Crippen LogP contribution in [0.1, 0.15) is 51.4 Å². The van der Waals surface area contributed by atoms with Crippen molar-refractivity contribution in [3.8, 4) is 11.1 Å². The number of methoxy groups -OCH3 is 1. The standard InChI is InChI=1S/C27H31N5O2/c1-34-23-9-5-6-18(12-23)17-31-24-14-21(20-13-19-10-11-28-25(19)29-15-20)16-30-26(24)32(27(31)33)22-7-3-2-4-8-22/h7,10-11,13-16,18,23H,2-6,8-9,12,17H2,1H3,(H,28,29). The van der Waals surface area contributed by atoms with Gasteiger partial charge in [0.1, 0.15) is 5.65 Å². The van der Waals surface area contributed by atoms with Gasteiger partial charge in [-0.25, -0.2) is 19.3 Å². The van der Waals surface area contributed by atoms with Crippen molar-refractivity contribution in [3.05, 3.63) is 53.3 Å². The van der Waals surface area contributed by atoms with Gasteiger partial charge >= 0.3 is 5.69 Å². The lowest BCUT2D eigenvalue weighted by molar-refractivity contribution is 0.0472. The van der Waals surface area contributed by atoms with E-state index in [1.54, 1.807) is 7.11 Å². The molecule has 2 atom stereocenters. The van der Waals surface area contributed by atoms with Crippen molar-refractivity contribution < 1.29 is 4.74 Å². The van der Waals surface area contributed by atoms with E-state index in [-0.39, 0.29) is 11.8 Å². The Hall–Kier alpha value is -3.19. The molecule has 0 bridgehead atoms. The maximum absolute atomic E-state index is 13.8. The van der Waals surface area contributed by atoms with Crippen LogP contribution in [0.2, 0.25) is 0 Å². The number of hydrogen-bond acceptors (Lipinski definition) is 4. The number of aromatic nitrogens is 5. The summed E-state index contributed by atoms with van der Waals surface area (Å²) >= 11 is 0. The van der Waals surface area contributed by atoms with E-state index in [9.17, 15) is 4.79 Å². The number of nitrogens with one attached hydrogen (secondary N) is 1. The van der Waals surface area contributed by atoms with Crippen LogP contribution in [0.25, 0.3) is 39.0 Å². The second-order valence-electron chi connectivity index (χ2n) is 9.77. The SMILES string of the molecule is COC1CCCC(Cn2c(=O)n(C3=CCCCC3)c3ncc(-c4cnc5[nH]ccc5c4)cc32)C1. The molecule has 0 aliphatic heterocycles. The van der Waals surface area contributed by atoms with Crippen LogP contribution in [0.4, 0.5) is 0 Å². The van der Waals surface area contributed by atoms with Crippen molar-refractivity contribution in [1.29, 1.82) is 0 Å². The van der Waals surface area contributed by atoms with Gasteiger partial charge in [-0.2, -0.15) is 0 Å². The van der Waals surface area contributed by atoms with E-state index in [0.717, 1.165) is 84.0 Å². The normalized spacial score (nSPS) is 21.3. The summed E-state index contributed by atoms with van der Waals surface area (Å²) in [6, 6.07) is 6.26. The summed E-state index contributed by atoms with van der Waals surface area (Å²) < 4.78 is 9.49. The van der Waals surface area contributed by atoms with E-state index in [1.807, 2.05) is 33.8 Å². The van der Waals surface area contributed by atoms with Gasteiger partial charge in [0.15, 0.2) is 5.65 Å². The number of fused-ring (bicyclic) bond motifs is 2. The first-order chi connectivity index (χ1) is 16.7. The predicted molar refractivity (Wildman–Crippen MR) is 135 cm³/mol. The zero-order chi connectivity index (χ0) is 23.1.